The summed E-state index contributed by atoms with van der Waals surface area (Å²) in [6, 6.07) is 0.707. The molecule has 1 aromatic heterocycles. The largest absolute Gasteiger partial charge is 0.343 e. The lowest BCUT2D eigenvalue weighted by Gasteiger charge is -2.36. The van der Waals surface area contributed by atoms with E-state index in [2.05, 4.69) is 30.7 Å². The van der Waals surface area contributed by atoms with E-state index in [0.29, 0.717) is 6.04 Å². The number of anilines is 1. The number of hydrogen-bond donors (Lipinski definition) is 0. The predicted molar refractivity (Wildman–Crippen MR) is 72.9 cm³/mol. The van der Waals surface area contributed by atoms with Crippen LogP contribution < -0.4 is 4.90 Å². The molecule has 3 nitrogen and oxygen atoms in total. The minimum absolute atomic E-state index is 0.707. The zero-order valence-corrected chi connectivity index (χ0v) is 11.8. The first-order chi connectivity index (χ1) is 8.15. The van der Waals surface area contributed by atoms with Gasteiger partial charge in [-0.2, -0.15) is 0 Å². The SMILES string of the molecule is Cc1nc(N2CCC[C@H]3CN(C)C[C@H]32)sc1C. The van der Waals surface area contributed by atoms with E-state index < -0.39 is 0 Å². The Morgan fingerprint density at radius 3 is 2.82 bits per heavy atom. The summed E-state index contributed by atoms with van der Waals surface area (Å²) >= 11 is 1.87. The van der Waals surface area contributed by atoms with E-state index in [9.17, 15) is 0 Å². The van der Waals surface area contributed by atoms with Crippen molar-refractivity contribution in [2.45, 2.75) is 32.7 Å². The van der Waals surface area contributed by atoms with Crippen molar-refractivity contribution in [3.05, 3.63) is 10.6 Å². The van der Waals surface area contributed by atoms with Gasteiger partial charge in [-0.05, 0) is 39.7 Å². The van der Waals surface area contributed by atoms with Gasteiger partial charge in [-0.15, -0.1) is 11.3 Å². The van der Waals surface area contributed by atoms with Gasteiger partial charge in [-0.3, -0.25) is 0 Å². The number of hydrogen-bond acceptors (Lipinski definition) is 4. The summed E-state index contributed by atoms with van der Waals surface area (Å²) < 4.78 is 0. The predicted octanol–water partition coefficient (Wildman–Crippen LogP) is 2.29. The van der Waals surface area contributed by atoms with Gasteiger partial charge in [0.2, 0.25) is 0 Å². The topological polar surface area (TPSA) is 19.4 Å². The molecule has 2 saturated heterocycles. The van der Waals surface area contributed by atoms with Crippen molar-refractivity contribution in [1.82, 2.24) is 9.88 Å². The molecule has 0 N–H and O–H groups in total. The molecule has 0 aromatic carbocycles. The Morgan fingerprint density at radius 1 is 1.29 bits per heavy atom. The van der Waals surface area contributed by atoms with Crippen LogP contribution >= 0.6 is 11.3 Å². The number of thiazole rings is 1. The van der Waals surface area contributed by atoms with Crippen LogP contribution in [0.4, 0.5) is 5.13 Å². The van der Waals surface area contributed by atoms with Crippen LogP contribution in [-0.4, -0.2) is 42.6 Å². The molecule has 2 atom stereocenters. The molecule has 1 aromatic rings. The average Bonchev–Trinajstić information content (AvgIpc) is 2.81. The molecule has 94 valence electrons. The number of piperidine rings is 1. The zero-order valence-electron chi connectivity index (χ0n) is 10.9. The summed E-state index contributed by atoms with van der Waals surface area (Å²) in [5.74, 6) is 0.860. The van der Waals surface area contributed by atoms with E-state index >= 15 is 0 Å². The molecule has 0 spiro atoms. The highest BCUT2D eigenvalue weighted by atomic mass is 32.1. The van der Waals surface area contributed by atoms with Crippen LogP contribution in [0.2, 0.25) is 0 Å². The number of likely N-dealkylation sites (N-methyl/N-ethyl adjacent to an activating group) is 1. The second kappa shape index (κ2) is 4.25. The molecule has 0 saturated carbocycles. The number of rotatable bonds is 1. The van der Waals surface area contributed by atoms with Crippen molar-refractivity contribution in [3.63, 3.8) is 0 Å². The average molecular weight is 251 g/mol. The van der Waals surface area contributed by atoms with E-state index in [1.165, 1.54) is 48.2 Å². The number of likely N-dealkylation sites (tertiary alicyclic amines) is 1. The molecule has 0 bridgehead atoms. The quantitative estimate of drug-likeness (QED) is 0.763. The second-order valence-corrected chi connectivity index (χ2v) is 6.70. The number of fused-ring (bicyclic) bond motifs is 1. The Kier molecular flexibility index (Phi) is 2.87. The van der Waals surface area contributed by atoms with Crippen LogP contribution in [0.1, 0.15) is 23.4 Å². The smallest absolute Gasteiger partial charge is 0.186 e. The van der Waals surface area contributed by atoms with Crippen molar-refractivity contribution < 1.29 is 0 Å². The van der Waals surface area contributed by atoms with Gasteiger partial charge in [-0.1, -0.05) is 0 Å². The van der Waals surface area contributed by atoms with Gasteiger partial charge in [0.15, 0.2) is 5.13 Å². The maximum Gasteiger partial charge on any atom is 0.186 e. The lowest BCUT2D eigenvalue weighted by atomic mass is 9.92. The molecule has 0 amide bonds. The summed E-state index contributed by atoms with van der Waals surface area (Å²) in [5.41, 5.74) is 1.21. The third-order valence-corrected chi connectivity index (χ3v) is 5.34. The normalized spacial score (nSPS) is 29.7. The number of nitrogens with zero attached hydrogens (tertiary/aromatic N) is 3. The van der Waals surface area contributed by atoms with Crippen molar-refractivity contribution in [1.29, 1.82) is 0 Å². The third kappa shape index (κ3) is 1.97. The van der Waals surface area contributed by atoms with Gasteiger partial charge in [0.25, 0.3) is 0 Å². The molecular weight excluding hydrogens is 230 g/mol. The first-order valence-electron chi connectivity index (χ1n) is 6.54. The molecular formula is C13H21N3S. The van der Waals surface area contributed by atoms with Crippen molar-refractivity contribution in [3.8, 4) is 0 Å². The van der Waals surface area contributed by atoms with Crippen LogP contribution in [-0.2, 0) is 0 Å². The molecule has 2 aliphatic heterocycles. The minimum atomic E-state index is 0.707. The van der Waals surface area contributed by atoms with Crippen LogP contribution in [0.5, 0.6) is 0 Å². The van der Waals surface area contributed by atoms with Gasteiger partial charge >= 0.3 is 0 Å². The van der Waals surface area contributed by atoms with E-state index in [-0.39, 0.29) is 0 Å². The molecule has 17 heavy (non-hydrogen) atoms. The van der Waals surface area contributed by atoms with Crippen LogP contribution in [0.25, 0.3) is 0 Å². The standard InChI is InChI=1S/C13H21N3S/c1-9-10(2)17-13(14-9)16-6-4-5-11-7-15(3)8-12(11)16/h11-12H,4-8H2,1-3H3/t11-,12+/m0/s1. The van der Waals surface area contributed by atoms with Gasteiger partial charge in [0.1, 0.15) is 0 Å². The fourth-order valence-corrected chi connectivity index (χ4v) is 4.20. The summed E-state index contributed by atoms with van der Waals surface area (Å²) in [4.78, 5) is 11.2. The summed E-state index contributed by atoms with van der Waals surface area (Å²) in [6.07, 6.45) is 2.72. The number of aromatic nitrogens is 1. The molecule has 0 unspecified atom stereocenters. The third-order valence-electron chi connectivity index (χ3n) is 4.23. The first-order valence-corrected chi connectivity index (χ1v) is 7.36. The molecule has 0 aliphatic carbocycles. The Labute approximate surface area is 107 Å². The van der Waals surface area contributed by atoms with E-state index in [0.717, 1.165) is 5.92 Å². The Morgan fingerprint density at radius 2 is 2.12 bits per heavy atom. The molecule has 0 radical (unpaired) electrons. The molecule has 2 fully saturated rings. The summed E-state index contributed by atoms with van der Waals surface area (Å²) in [7, 11) is 2.24. The highest BCUT2D eigenvalue weighted by Crippen LogP contribution is 2.35. The first kappa shape index (κ1) is 11.5. The number of aryl methyl sites for hydroxylation is 2. The summed E-state index contributed by atoms with van der Waals surface area (Å²) in [6.45, 7) is 7.98. The lowest BCUT2D eigenvalue weighted by molar-refractivity contribution is 0.370. The van der Waals surface area contributed by atoms with Crippen molar-refractivity contribution in [2.75, 3.05) is 31.6 Å². The van der Waals surface area contributed by atoms with Gasteiger partial charge in [0, 0.05) is 30.6 Å². The van der Waals surface area contributed by atoms with E-state index in [4.69, 9.17) is 4.98 Å². The van der Waals surface area contributed by atoms with Gasteiger partial charge in [-0.25, -0.2) is 4.98 Å². The van der Waals surface area contributed by atoms with E-state index in [1.807, 2.05) is 11.3 Å². The van der Waals surface area contributed by atoms with Crippen LogP contribution in [0.15, 0.2) is 0 Å². The maximum atomic E-state index is 4.75. The Balaban J connectivity index is 1.86. The summed E-state index contributed by atoms with van der Waals surface area (Å²) in [5, 5.41) is 1.25. The van der Waals surface area contributed by atoms with Crippen LogP contribution in [0.3, 0.4) is 0 Å². The Bertz CT molecular complexity index is 395. The van der Waals surface area contributed by atoms with E-state index in [1.54, 1.807) is 0 Å². The molecule has 2 aliphatic rings. The molecule has 3 heterocycles. The van der Waals surface area contributed by atoms with Crippen LogP contribution in [0, 0.1) is 19.8 Å². The molecule has 4 heteroatoms. The molecule has 3 rings (SSSR count). The highest BCUT2D eigenvalue weighted by Gasteiger charge is 2.38. The minimum Gasteiger partial charge on any atom is -0.343 e. The second-order valence-electron chi connectivity index (χ2n) is 5.52. The highest BCUT2D eigenvalue weighted by molar-refractivity contribution is 7.15. The monoisotopic (exact) mass is 251 g/mol. The Hall–Kier alpha value is -0.610. The fourth-order valence-electron chi connectivity index (χ4n) is 3.21. The maximum absolute atomic E-state index is 4.75. The zero-order chi connectivity index (χ0) is 12.0. The lowest BCUT2D eigenvalue weighted by Crippen LogP contribution is -2.45. The fraction of sp³-hybridized carbons (Fsp3) is 0.769. The van der Waals surface area contributed by atoms with Crippen molar-refractivity contribution in [2.24, 2.45) is 5.92 Å². The van der Waals surface area contributed by atoms with Gasteiger partial charge in [0.05, 0.1) is 5.69 Å². The van der Waals surface area contributed by atoms with Crippen molar-refractivity contribution >= 4 is 16.5 Å². The van der Waals surface area contributed by atoms with Gasteiger partial charge < -0.3 is 9.80 Å².